The number of anilines is 6. The van der Waals surface area contributed by atoms with Gasteiger partial charge in [0.2, 0.25) is 9.84 Å². The van der Waals surface area contributed by atoms with Crippen molar-refractivity contribution in [3.63, 3.8) is 0 Å². The molecular formula is C42H36N6O8S. The molecule has 0 aliphatic heterocycles. The Labute approximate surface area is 328 Å². The Morgan fingerprint density at radius 2 is 0.789 bits per heavy atom. The molecule has 0 saturated carbocycles. The van der Waals surface area contributed by atoms with Gasteiger partial charge in [0.25, 0.3) is 0 Å². The van der Waals surface area contributed by atoms with E-state index in [9.17, 15) is 27.6 Å². The minimum Gasteiger partial charge on any atom is -0.410 e. The van der Waals surface area contributed by atoms with E-state index in [2.05, 4.69) is 31.9 Å². The van der Waals surface area contributed by atoms with Crippen LogP contribution in [0, 0.1) is 13.8 Å². The van der Waals surface area contributed by atoms with Gasteiger partial charge in [-0.15, -0.1) is 0 Å². The van der Waals surface area contributed by atoms with E-state index in [4.69, 9.17) is 9.47 Å². The molecule has 0 spiro atoms. The Balaban J connectivity index is 1.06. The predicted molar refractivity (Wildman–Crippen MR) is 218 cm³/mol. The number of aryl methyl sites for hydroxylation is 2. The van der Waals surface area contributed by atoms with Crippen molar-refractivity contribution in [3.8, 4) is 11.5 Å². The zero-order valence-electron chi connectivity index (χ0n) is 30.5. The number of urea groups is 2. The molecule has 6 amide bonds. The van der Waals surface area contributed by atoms with E-state index in [-0.39, 0.29) is 21.2 Å². The van der Waals surface area contributed by atoms with Crippen LogP contribution < -0.4 is 41.4 Å². The fourth-order valence-corrected chi connectivity index (χ4v) is 6.69. The highest BCUT2D eigenvalue weighted by Crippen LogP contribution is 2.27. The Morgan fingerprint density at radius 1 is 0.421 bits per heavy atom. The molecule has 0 saturated heterocycles. The van der Waals surface area contributed by atoms with E-state index in [0.717, 1.165) is 11.1 Å². The summed E-state index contributed by atoms with van der Waals surface area (Å²) < 4.78 is 38.0. The van der Waals surface area contributed by atoms with Crippen molar-refractivity contribution in [1.29, 1.82) is 0 Å². The van der Waals surface area contributed by atoms with Gasteiger partial charge in [-0.1, -0.05) is 60.7 Å². The standard InChI is InChI=1S/C42H36N6O8S/c1-27-19-21-31(25-37(27)47-41(51)55-33-13-5-3-6-14-33)45-39(49)43-29-11-9-17-35(23-29)57(53,54)36-18-10-12-30(24-36)44-40(50)46-32-22-20-28(2)38(26-32)48-42(52)56-34-15-7-4-8-16-34/h3-26H,1-2H3,(H,47,51)(H,48,52)(H2,43,45,49)(H2,44,46,50). The van der Waals surface area contributed by atoms with E-state index in [0.29, 0.717) is 34.2 Å². The lowest BCUT2D eigenvalue weighted by Crippen LogP contribution is -2.21. The lowest BCUT2D eigenvalue weighted by atomic mass is 10.2. The number of para-hydroxylation sites is 2. The molecule has 0 aromatic heterocycles. The molecule has 0 heterocycles. The number of carbonyl (C=O) groups excluding carboxylic acids is 4. The lowest BCUT2D eigenvalue weighted by molar-refractivity contribution is 0.214. The third-order valence-corrected chi connectivity index (χ3v) is 9.93. The molecule has 6 aromatic carbocycles. The minimum absolute atomic E-state index is 0.105. The topological polar surface area (TPSA) is 193 Å². The van der Waals surface area contributed by atoms with Crippen LogP contribution in [0.3, 0.4) is 0 Å². The molecule has 0 fully saturated rings. The zero-order chi connectivity index (χ0) is 40.4. The first-order valence-electron chi connectivity index (χ1n) is 17.3. The summed E-state index contributed by atoms with van der Waals surface area (Å²) >= 11 is 0. The Kier molecular flexibility index (Phi) is 12.1. The summed E-state index contributed by atoms with van der Waals surface area (Å²) in [4.78, 5) is 50.5. The maximum atomic E-state index is 13.7. The van der Waals surface area contributed by atoms with Gasteiger partial charge in [-0.25, -0.2) is 27.6 Å². The lowest BCUT2D eigenvalue weighted by Gasteiger charge is -2.13. The highest BCUT2D eigenvalue weighted by Gasteiger charge is 2.20. The Bertz CT molecular complexity index is 2380. The average molecular weight is 785 g/mol. The Morgan fingerprint density at radius 3 is 1.18 bits per heavy atom. The molecule has 0 bridgehead atoms. The molecule has 6 N–H and O–H groups in total. The number of carbonyl (C=O) groups is 4. The smallest absolute Gasteiger partial charge is 0.410 e. The molecule has 6 rings (SSSR count). The molecule has 57 heavy (non-hydrogen) atoms. The van der Waals surface area contributed by atoms with Crippen LogP contribution in [0.2, 0.25) is 0 Å². The van der Waals surface area contributed by atoms with Crippen molar-refractivity contribution in [2.24, 2.45) is 0 Å². The van der Waals surface area contributed by atoms with Crippen LogP contribution in [0.4, 0.5) is 53.3 Å². The molecule has 0 aliphatic carbocycles. The highest BCUT2D eigenvalue weighted by atomic mass is 32.2. The fourth-order valence-electron chi connectivity index (χ4n) is 5.34. The number of amides is 6. The summed E-state index contributed by atoms with van der Waals surface area (Å²) in [7, 11) is -4.11. The third kappa shape index (κ3) is 10.7. The number of sulfone groups is 1. The summed E-state index contributed by atoms with van der Waals surface area (Å²) in [5.41, 5.74) is 3.37. The summed E-state index contributed by atoms with van der Waals surface area (Å²) in [6.45, 7) is 3.56. The van der Waals surface area contributed by atoms with Crippen LogP contribution in [-0.2, 0) is 9.84 Å². The first-order valence-corrected chi connectivity index (χ1v) is 18.8. The molecule has 15 heteroatoms. The van der Waals surface area contributed by atoms with Crippen LogP contribution in [-0.4, -0.2) is 32.7 Å². The SMILES string of the molecule is Cc1ccc(NC(=O)Nc2cccc(S(=O)(=O)c3cccc(NC(=O)Nc4ccc(C)c(NC(=O)Oc5ccccc5)c4)c3)c2)cc1NC(=O)Oc1ccccc1. The number of rotatable bonds is 10. The molecule has 0 atom stereocenters. The number of nitrogens with one attached hydrogen (secondary N) is 6. The van der Waals surface area contributed by atoms with Gasteiger partial charge in [0.15, 0.2) is 0 Å². The van der Waals surface area contributed by atoms with Crippen LogP contribution in [0.1, 0.15) is 11.1 Å². The van der Waals surface area contributed by atoms with Crippen molar-refractivity contribution in [2.75, 3.05) is 31.9 Å². The van der Waals surface area contributed by atoms with Crippen molar-refractivity contribution in [1.82, 2.24) is 0 Å². The van der Waals surface area contributed by atoms with Crippen molar-refractivity contribution in [2.45, 2.75) is 23.6 Å². The first kappa shape index (κ1) is 39.1. The third-order valence-electron chi connectivity index (χ3n) is 8.18. The largest absolute Gasteiger partial charge is 0.417 e. The van der Waals surface area contributed by atoms with E-state index >= 15 is 0 Å². The molecule has 0 unspecified atom stereocenters. The van der Waals surface area contributed by atoms with Crippen molar-refractivity contribution >= 4 is 68.2 Å². The molecule has 6 aromatic rings. The second-order valence-corrected chi connectivity index (χ2v) is 14.4. The van der Waals surface area contributed by atoms with E-state index in [1.807, 2.05) is 0 Å². The predicted octanol–water partition coefficient (Wildman–Crippen LogP) is 9.65. The van der Waals surface area contributed by atoms with Crippen LogP contribution in [0.15, 0.2) is 155 Å². The van der Waals surface area contributed by atoms with Crippen LogP contribution in [0.25, 0.3) is 0 Å². The van der Waals surface area contributed by atoms with Gasteiger partial charge in [0.05, 0.1) is 9.79 Å². The minimum atomic E-state index is -4.11. The molecular weight excluding hydrogens is 749 g/mol. The normalized spacial score (nSPS) is 10.7. The van der Waals surface area contributed by atoms with Gasteiger partial charge in [-0.05, 0) is 110 Å². The van der Waals surface area contributed by atoms with Crippen molar-refractivity contribution < 1.29 is 37.1 Å². The van der Waals surface area contributed by atoms with E-state index in [1.165, 1.54) is 48.5 Å². The first-order chi connectivity index (χ1) is 27.4. The fraction of sp³-hybridized carbons (Fsp3) is 0.0476. The summed E-state index contributed by atoms with van der Waals surface area (Å²) in [6, 6.07) is 37.0. The monoisotopic (exact) mass is 784 g/mol. The average Bonchev–Trinajstić information content (AvgIpc) is 3.18. The number of ether oxygens (including phenoxy) is 2. The summed E-state index contributed by atoms with van der Waals surface area (Å²) in [5, 5.41) is 15.9. The number of hydrogen-bond donors (Lipinski definition) is 6. The van der Waals surface area contributed by atoms with Gasteiger partial charge in [0, 0.05) is 34.1 Å². The van der Waals surface area contributed by atoms with E-state index in [1.54, 1.807) is 111 Å². The highest BCUT2D eigenvalue weighted by molar-refractivity contribution is 7.91. The maximum absolute atomic E-state index is 13.7. The van der Waals surface area contributed by atoms with Crippen LogP contribution >= 0.6 is 0 Å². The second kappa shape index (κ2) is 17.7. The quantitative estimate of drug-likeness (QED) is 0.0790. The van der Waals surface area contributed by atoms with Gasteiger partial charge in [-0.2, -0.15) is 0 Å². The number of hydrogen-bond acceptors (Lipinski definition) is 8. The molecule has 0 radical (unpaired) electrons. The maximum Gasteiger partial charge on any atom is 0.417 e. The second-order valence-electron chi connectivity index (χ2n) is 12.4. The Hall–Kier alpha value is -7.65. The number of benzene rings is 6. The van der Waals surface area contributed by atoms with E-state index < -0.39 is 34.1 Å². The van der Waals surface area contributed by atoms with Crippen molar-refractivity contribution in [3.05, 3.63) is 157 Å². The summed E-state index contributed by atoms with van der Waals surface area (Å²) in [5.74, 6) is 0.735. The van der Waals surface area contributed by atoms with Gasteiger partial charge < -0.3 is 30.7 Å². The van der Waals surface area contributed by atoms with Gasteiger partial charge in [-0.3, -0.25) is 10.6 Å². The zero-order valence-corrected chi connectivity index (χ0v) is 31.3. The molecule has 14 nitrogen and oxygen atoms in total. The van der Waals surface area contributed by atoms with Gasteiger partial charge >= 0.3 is 24.2 Å². The molecule has 0 aliphatic rings. The molecule has 288 valence electrons. The summed E-state index contributed by atoms with van der Waals surface area (Å²) in [6.07, 6.45) is -1.41. The van der Waals surface area contributed by atoms with Gasteiger partial charge in [0.1, 0.15) is 11.5 Å². The van der Waals surface area contributed by atoms with Crippen LogP contribution in [0.5, 0.6) is 11.5 Å².